The largest absolute Gasteiger partial charge is 0.245 e. The second-order valence-corrected chi connectivity index (χ2v) is 8.97. The molecule has 124 valence electrons. The van der Waals surface area contributed by atoms with Gasteiger partial charge in [0.25, 0.3) is 0 Å². The van der Waals surface area contributed by atoms with Crippen molar-refractivity contribution in [3.8, 4) is 0 Å². The van der Waals surface area contributed by atoms with Gasteiger partial charge in [-0.25, -0.2) is 13.4 Å². The number of aromatic nitrogens is 1. The van der Waals surface area contributed by atoms with Crippen LogP contribution in [0.15, 0.2) is 28.5 Å². The van der Waals surface area contributed by atoms with E-state index in [2.05, 4.69) is 9.71 Å². The molecule has 1 heterocycles. The quantitative estimate of drug-likeness (QED) is 0.912. The standard InChI is InChI=1S/C17H22N2O2S2/c1-12-6-7-15(13(2)10-12)23(20,21)19-17(8-4-5-9-17)16-18-14(3)11-22-16/h6-7,10-11,19H,4-5,8-9H2,1-3H3. The SMILES string of the molecule is Cc1ccc(S(=O)(=O)NC2(c3nc(C)cs3)CCCC2)c(C)c1. The molecule has 4 nitrogen and oxygen atoms in total. The zero-order valence-corrected chi connectivity index (χ0v) is 15.4. The van der Waals surface area contributed by atoms with Crippen molar-refractivity contribution in [2.45, 2.75) is 56.9 Å². The average molecular weight is 351 g/mol. The molecule has 0 atom stereocenters. The second-order valence-electron chi connectivity index (χ2n) is 6.46. The highest BCUT2D eigenvalue weighted by Crippen LogP contribution is 2.41. The number of hydrogen-bond acceptors (Lipinski definition) is 4. The van der Waals surface area contributed by atoms with Gasteiger partial charge < -0.3 is 0 Å². The third-order valence-corrected chi connectivity index (χ3v) is 7.30. The minimum absolute atomic E-state index is 0.364. The Balaban J connectivity index is 2.00. The van der Waals surface area contributed by atoms with Crippen LogP contribution in [-0.2, 0) is 15.6 Å². The average Bonchev–Trinajstić information content (AvgIpc) is 3.08. The summed E-state index contributed by atoms with van der Waals surface area (Å²) in [6, 6.07) is 5.45. The van der Waals surface area contributed by atoms with Crippen LogP contribution in [0.1, 0.15) is 47.5 Å². The van der Waals surface area contributed by atoms with E-state index in [0.29, 0.717) is 4.90 Å². The summed E-state index contributed by atoms with van der Waals surface area (Å²) in [4.78, 5) is 4.93. The fourth-order valence-corrected chi connectivity index (χ4v) is 6.06. The Hall–Kier alpha value is -1.24. The maximum atomic E-state index is 13.0. The van der Waals surface area contributed by atoms with Crippen LogP contribution in [-0.4, -0.2) is 13.4 Å². The van der Waals surface area contributed by atoms with Crippen molar-refractivity contribution in [3.05, 3.63) is 45.4 Å². The number of sulfonamides is 1. The molecule has 2 aromatic rings. The molecule has 1 aliphatic carbocycles. The highest BCUT2D eigenvalue weighted by molar-refractivity contribution is 7.89. The van der Waals surface area contributed by atoms with Gasteiger partial charge in [-0.3, -0.25) is 0 Å². The summed E-state index contributed by atoms with van der Waals surface area (Å²) in [5, 5.41) is 2.88. The number of rotatable bonds is 4. The lowest BCUT2D eigenvalue weighted by Gasteiger charge is -2.28. The smallest absolute Gasteiger partial charge is 0.241 e. The van der Waals surface area contributed by atoms with Gasteiger partial charge >= 0.3 is 0 Å². The van der Waals surface area contributed by atoms with Gasteiger partial charge in [0.15, 0.2) is 0 Å². The van der Waals surface area contributed by atoms with Crippen molar-refractivity contribution in [1.29, 1.82) is 0 Å². The molecule has 0 aliphatic heterocycles. The van der Waals surface area contributed by atoms with Gasteiger partial charge in [-0.05, 0) is 45.2 Å². The number of benzene rings is 1. The first-order valence-electron chi connectivity index (χ1n) is 7.86. The molecule has 1 saturated carbocycles. The van der Waals surface area contributed by atoms with Crippen LogP contribution in [0, 0.1) is 20.8 Å². The second kappa shape index (κ2) is 6.00. The van der Waals surface area contributed by atoms with E-state index in [4.69, 9.17) is 0 Å². The third-order valence-electron chi connectivity index (χ3n) is 4.44. The molecule has 0 bridgehead atoms. The lowest BCUT2D eigenvalue weighted by Crippen LogP contribution is -2.43. The molecule has 0 amide bonds. The van der Waals surface area contributed by atoms with Crippen molar-refractivity contribution < 1.29 is 8.42 Å². The van der Waals surface area contributed by atoms with E-state index >= 15 is 0 Å². The third kappa shape index (κ3) is 3.20. The molecule has 0 saturated heterocycles. The zero-order valence-electron chi connectivity index (χ0n) is 13.7. The molecule has 1 aliphatic rings. The number of hydrogen-bond donors (Lipinski definition) is 1. The Labute approximate surface area is 142 Å². The summed E-state index contributed by atoms with van der Waals surface area (Å²) in [7, 11) is -3.57. The summed E-state index contributed by atoms with van der Waals surface area (Å²) in [6.07, 6.45) is 3.66. The van der Waals surface area contributed by atoms with Crippen molar-refractivity contribution >= 4 is 21.4 Å². The molecule has 1 aromatic carbocycles. The van der Waals surface area contributed by atoms with Crippen LogP contribution >= 0.6 is 11.3 Å². The van der Waals surface area contributed by atoms with Gasteiger partial charge in [0.2, 0.25) is 10.0 Å². The molecule has 1 aromatic heterocycles. The first kappa shape index (κ1) is 16.6. The summed E-state index contributed by atoms with van der Waals surface area (Å²) in [5.74, 6) is 0. The summed E-state index contributed by atoms with van der Waals surface area (Å²) >= 11 is 1.55. The van der Waals surface area contributed by atoms with E-state index in [1.807, 2.05) is 38.3 Å². The monoisotopic (exact) mass is 350 g/mol. The Bertz CT molecular complexity index is 819. The highest BCUT2D eigenvalue weighted by Gasteiger charge is 2.42. The Morgan fingerprint density at radius 1 is 1.17 bits per heavy atom. The molecular weight excluding hydrogens is 328 g/mol. The molecule has 23 heavy (non-hydrogen) atoms. The first-order chi connectivity index (χ1) is 10.8. The van der Waals surface area contributed by atoms with Gasteiger partial charge in [0.05, 0.1) is 10.4 Å². The molecule has 1 fully saturated rings. The van der Waals surface area contributed by atoms with E-state index in [-0.39, 0.29) is 0 Å². The van der Waals surface area contributed by atoms with Crippen LogP contribution in [0.2, 0.25) is 0 Å². The normalized spacial score (nSPS) is 17.5. The molecule has 0 unspecified atom stereocenters. The summed E-state index contributed by atoms with van der Waals surface area (Å²) in [5.41, 5.74) is 2.24. The van der Waals surface area contributed by atoms with E-state index < -0.39 is 15.6 Å². The van der Waals surface area contributed by atoms with Crippen LogP contribution in [0.4, 0.5) is 0 Å². The van der Waals surface area contributed by atoms with Crippen molar-refractivity contribution in [3.63, 3.8) is 0 Å². The van der Waals surface area contributed by atoms with Crippen molar-refractivity contribution in [2.24, 2.45) is 0 Å². The Morgan fingerprint density at radius 3 is 2.43 bits per heavy atom. The molecule has 0 radical (unpaired) electrons. The van der Waals surface area contributed by atoms with Gasteiger partial charge in [-0.1, -0.05) is 30.5 Å². The number of nitrogens with zero attached hydrogens (tertiary/aromatic N) is 1. The van der Waals surface area contributed by atoms with Gasteiger partial charge in [0, 0.05) is 11.1 Å². The van der Waals surface area contributed by atoms with Crippen molar-refractivity contribution in [1.82, 2.24) is 9.71 Å². The molecule has 1 N–H and O–H groups in total. The molecule has 0 spiro atoms. The Kier molecular flexibility index (Phi) is 4.33. The topological polar surface area (TPSA) is 59.1 Å². The number of nitrogens with one attached hydrogen (secondary N) is 1. The highest BCUT2D eigenvalue weighted by atomic mass is 32.2. The summed E-state index contributed by atoms with van der Waals surface area (Å²) < 4.78 is 28.9. The van der Waals surface area contributed by atoms with Crippen LogP contribution < -0.4 is 4.72 Å². The fraction of sp³-hybridized carbons (Fsp3) is 0.471. The van der Waals surface area contributed by atoms with Gasteiger partial charge in [-0.15, -0.1) is 11.3 Å². The first-order valence-corrected chi connectivity index (χ1v) is 10.2. The van der Waals surface area contributed by atoms with Gasteiger partial charge in [-0.2, -0.15) is 4.72 Å². The number of thiazole rings is 1. The molecular formula is C17H22N2O2S2. The van der Waals surface area contributed by atoms with Crippen molar-refractivity contribution in [2.75, 3.05) is 0 Å². The summed E-state index contributed by atoms with van der Waals surface area (Å²) in [6.45, 7) is 5.76. The number of aryl methyl sites for hydroxylation is 3. The molecule has 3 rings (SSSR count). The maximum Gasteiger partial charge on any atom is 0.241 e. The minimum Gasteiger partial charge on any atom is -0.245 e. The van der Waals surface area contributed by atoms with E-state index in [1.54, 1.807) is 17.4 Å². The predicted molar refractivity (Wildman–Crippen MR) is 93.2 cm³/mol. The van der Waals surface area contributed by atoms with Crippen LogP contribution in [0.3, 0.4) is 0 Å². The minimum atomic E-state index is -3.57. The van der Waals surface area contributed by atoms with Crippen LogP contribution in [0.5, 0.6) is 0 Å². The zero-order chi connectivity index (χ0) is 16.7. The van der Waals surface area contributed by atoms with E-state index in [1.165, 1.54) is 0 Å². The lowest BCUT2D eigenvalue weighted by molar-refractivity contribution is 0.402. The fourth-order valence-electron chi connectivity index (χ4n) is 3.32. The van der Waals surface area contributed by atoms with Crippen LogP contribution in [0.25, 0.3) is 0 Å². The maximum absolute atomic E-state index is 13.0. The van der Waals surface area contributed by atoms with Gasteiger partial charge in [0.1, 0.15) is 5.01 Å². The van der Waals surface area contributed by atoms with E-state index in [0.717, 1.165) is 47.5 Å². The van der Waals surface area contributed by atoms with E-state index in [9.17, 15) is 8.42 Å². The molecule has 6 heteroatoms. The lowest BCUT2D eigenvalue weighted by atomic mass is 10.0. The Morgan fingerprint density at radius 2 is 1.87 bits per heavy atom. The predicted octanol–water partition coefficient (Wildman–Crippen LogP) is 3.82.